The van der Waals surface area contributed by atoms with Crippen molar-refractivity contribution in [3.05, 3.63) is 89.5 Å². The number of hydrogen-bond donors (Lipinski definition) is 1. The highest BCUT2D eigenvalue weighted by Crippen LogP contribution is 2.35. The van der Waals surface area contributed by atoms with E-state index in [2.05, 4.69) is 4.72 Å². The molecule has 146 valence electrons. The fourth-order valence-electron chi connectivity index (χ4n) is 3.28. The number of fused-ring (bicyclic) bond motifs is 1. The lowest BCUT2D eigenvalue weighted by atomic mass is 10.1. The summed E-state index contributed by atoms with van der Waals surface area (Å²) in [7, 11) is -3.89. The molecule has 0 saturated heterocycles. The van der Waals surface area contributed by atoms with Gasteiger partial charge >= 0.3 is 0 Å². The number of aryl methyl sites for hydroxylation is 1. The van der Waals surface area contributed by atoms with Gasteiger partial charge in [0.15, 0.2) is 0 Å². The van der Waals surface area contributed by atoms with Crippen LogP contribution in [-0.4, -0.2) is 20.2 Å². The standard InChI is InChI=1S/C22H18N2O4S/c1-2-15-12-13-19(23-29(27,28)16-8-4-3-5-9-16)20(14-15)24-21(25)17-10-6-7-11-18(17)22(24)26/h3-14,23H,2H2,1H3. The molecule has 2 amide bonds. The van der Waals surface area contributed by atoms with Crippen molar-refractivity contribution in [3.63, 3.8) is 0 Å². The Morgan fingerprint density at radius 2 is 1.41 bits per heavy atom. The number of carbonyl (C=O) groups excluding carboxylic acids is 2. The van der Waals surface area contributed by atoms with Crippen LogP contribution in [0.5, 0.6) is 0 Å². The van der Waals surface area contributed by atoms with Crippen molar-refractivity contribution in [1.29, 1.82) is 0 Å². The molecule has 0 fully saturated rings. The second-order valence-corrected chi connectivity index (χ2v) is 8.30. The lowest BCUT2D eigenvalue weighted by Gasteiger charge is -2.20. The summed E-state index contributed by atoms with van der Waals surface area (Å²) in [5.41, 5.74) is 1.86. The molecule has 4 rings (SSSR count). The second-order valence-electron chi connectivity index (χ2n) is 6.61. The van der Waals surface area contributed by atoms with Crippen LogP contribution in [0.4, 0.5) is 11.4 Å². The van der Waals surface area contributed by atoms with Gasteiger partial charge in [0.2, 0.25) is 0 Å². The maximum Gasteiger partial charge on any atom is 0.266 e. The molecule has 0 radical (unpaired) electrons. The zero-order chi connectivity index (χ0) is 20.6. The van der Waals surface area contributed by atoms with Gasteiger partial charge in [-0.3, -0.25) is 14.3 Å². The van der Waals surface area contributed by atoms with Crippen molar-refractivity contribution >= 4 is 33.2 Å². The summed E-state index contributed by atoms with van der Waals surface area (Å²) < 4.78 is 28.1. The van der Waals surface area contributed by atoms with Crippen LogP contribution in [0.3, 0.4) is 0 Å². The first kappa shape index (κ1) is 18.9. The molecule has 0 aromatic heterocycles. The van der Waals surface area contributed by atoms with Gasteiger partial charge < -0.3 is 0 Å². The van der Waals surface area contributed by atoms with Crippen molar-refractivity contribution < 1.29 is 18.0 Å². The van der Waals surface area contributed by atoms with E-state index in [0.717, 1.165) is 10.5 Å². The molecule has 1 aliphatic heterocycles. The van der Waals surface area contributed by atoms with Crippen LogP contribution < -0.4 is 9.62 Å². The predicted octanol–water partition coefficient (Wildman–Crippen LogP) is 3.85. The van der Waals surface area contributed by atoms with E-state index in [9.17, 15) is 18.0 Å². The van der Waals surface area contributed by atoms with Gasteiger partial charge in [-0.05, 0) is 48.4 Å². The van der Waals surface area contributed by atoms with Crippen LogP contribution in [0.2, 0.25) is 0 Å². The highest BCUT2D eigenvalue weighted by atomic mass is 32.2. The zero-order valence-electron chi connectivity index (χ0n) is 15.6. The minimum Gasteiger partial charge on any atom is -0.277 e. The maximum absolute atomic E-state index is 12.9. The number of amides is 2. The molecule has 29 heavy (non-hydrogen) atoms. The highest BCUT2D eigenvalue weighted by molar-refractivity contribution is 7.92. The molecule has 3 aromatic carbocycles. The second kappa shape index (κ2) is 7.18. The first-order chi connectivity index (χ1) is 13.9. The Hall–Kier alpha value is -3.45. The number of nitrogens with zero attached hydrogens (tertiary/aromatic N) is 1. The first-order valence-electron chi connectivity index (χ1n) is 9.11. The Bertz CT molecular complexity index is 1190. The normalized spacial score (nSPS) is 13.5. The van der Waals surface area contributed by atoms with E-state index in [0.29, 0.717) is 17.5 Å². The highest BCUT2D eigenvalue weighted by Gasteiger charge is 2.38. The molecular weight excluding hydrogens is 388 g/mol. The summed E-state index contributed by atoms with van der Waals surface area (Å²) in [6.45, 7) is 1.94. The summed E-state index contributed by atoms with van der Waals surface area (Å²) in [5, 5.41) is 0. The molecule has 3 aromatic rings. The van der Waals surface area contributed by atoms with E-state index in [1.807, 2.05) is 6.92 Å². The molecule has 7 heteroatoms. The zero-order valence-corrected chi connectivity index (χ0v) is 16.4. The smallest absolute Gasteiger partial charge is 0.266 e. The molecule has 0 bridgehead atoms. The van der Waals surface area contributed by atoms with Gasteiger partial charge in [-0.1, -0.05) is 43.3 Å². The molecule has 1 heterocycles. The number of anilines is 2. The average molecular weight is 406 g/mol. The number of carbonyl (C=O) groups is 2. The van der Waals surface area contributed by atoms with Gasteiger partial charge in [0.05, 0.1) is 27.4 Å². The van der Waals surface area contributed by atoms with Crippen LogP contribution in [0.15, 0.2) is 77.7 Å². The molecular formula is C22H18N2O4S. The minimum absolute atomic E-state index is 0.0906. The van der Waals surface area contributed by atoms with Crippen molar-refractivity contribution in [1.82, 2.24) is 0 Å². The number of hydrogen-bond acceptors (Lipinski definition) is 4. The molecule has 0 atom stereocenters. The van der Waals surface area contributed by atoms with Gasteiger partial charge in [-0.2, -0.15) is 0 Å². The Balaban J connectivity index is 1.81. The molecule has 0 aliphatic carbocycles. The third kappa shape index (κ3) is 3.30. The van der Waals surface area contributed by atoms with Crippen molar-refractivity contribution in [2.24, 2.45) is 0 Å². The van der Waals surface area contributed by atoms with E-state index in [4.69, 9.17) is 0 Å². The quantitative estimate of drug-likeness (QED) is 0.653. The van der Waals surface area contributed by atoms with E-state index in [1.54, 1.807) is 60.7 Å². The lowest BCUT2D eigenvalue weighted by molar-refractivity contribution is 0.0926. The fourth-order valence-corrected chi connectivity index (χ4v) is 4.38. The Morgan fingerprint density at radius 3 is 2.00 bits per heavy atom. The third-order valence-electron chi connectivity index (χ3n) is 4.80. The van der Waals surface area contributed by atoms with Crippen molar-refractivity contribution in [2.75, 3.05) is 9.62 Å². The molecule has 1 aliphatic rings. The minimum atomic E-state index is -3.89. The van der Waals surface area contributed by atoms with E-state index in [-0.39, 0.29) is 16.3 Å². The van der Waals surface area contributed by atoms with Crippen LogP contribution >= 0.6 is 0 Å². The molecule has 0 spiro atoms. The van der Waals surface area contributed by atoms with Gasteiger partial charge in [-0.15, -0.1) is 0 Å². The van der Waals surface area contributed by atoms with E-state index in [1.165, 1.54) is 12.1 Å². The summed E-state index contributed by atoms with van der Waals surface area (Å²) in [4.78, 5) is 27.0. The summed E-state index contributed by atoms with van der Waals surface area (Å²) >= 11 is 0. The number of nitrogens with one attached hydrogen (secondary N) is 1. The largest absolute Gasteiger partial charge is 0.277 e. The fraction of sp³-hybridized carbons (Fsp3) is 0.0909. The predicted molar refractivity (Wildman–Crippen MR) is 111 cm³/mol. The van der Waals surface area contributed by atoms with Crippen LogP contribution in [0.1, 0.15) is 33.2 Å². The third-order valence-corrected chi connectivity index (χ3v) is 6.18. The SMILES string of the molecule is CCc1ccc(NS(=O)(=O)c2ccccc2)c(N2C(=O)c3ccccc3C2=O)c1. The Labute approximate surface area is 168 Å². The van der Waals surface area contributed by atoms with Crippen molar-refractivity contribution in [2.45, 2.75) is 18.2 Å². The summed E-state index contributed by atoms with van der Waals surface area (Å²) in [6, 6.07) is 19.5. The Morgan fingerprint density at radius 1 is 0.828 bits per heavy atom. The van der Waals surface area contributed by atoms with Gasteiger partial charge in [0, 0.05) is 0 Å². The van der Waals surface area contributed by atoms with E-state index < -0.39 is 21.8 Å². The number of benzene rings is 3. The number of sulfonamides is 1. The van der Waals surface area contributed by atoms with Crippen molar-refractivity contribution in [3.8, 4) is 0 Å². The summed E-state index contributed by atoms with van der Waals surface area (Å²) in [6.07, 6.45) is 0.669. The monoisotopic (exact) mass is 406 g/mol. The van der Waals surface area contributed by atoms with Crippen LogP contribution in [0.25, 0.3) is 0 Å². The van der Waals surface area contributed by atoms with Gasteiger partial charge in [0.25, 0.3) is 21.8 Å². The number of rotatable bonds is 5. The molecule has 0 unspecified atom stereocenters. The average Bonchev–Trinajstić information content (AvgIpc) is 2.99. The lowest BCUT2D eigenvalue weighted by Crippen LogP contribution is -2.30. The van der Waals surface area contributed by atoms with Crippen LogP contribution in [-0.2, 0) is 16.4 Å². The topological polar surface area (TPSA) is 83.6 Å². The van der Waals surface area contributed by atoms with Gasteiger partial charge in [0.1, 0.15) is 0 Å². The number of imide groups is 1. The molecule has 0 saturated carbocycles. The summed E-state index contributed by atoms with van der Waals surface area (Å²) in [5.74, 6) is -0.946. The van der Waals surface area contributed by atoms with Gasteiger partial charge in [-0.25, -0.2) is 13.3 Å². The van der Waals surface area contributed by atoms with Crippen LogP contribution in [0, 0.1) is 0 Å². The maximum atomic E-state index is 12.9. The molecule has 1 N–H and O–H groups in total. The van der Waals surface area contributed by atoms with E-state index >= 15 is 0 Å². The Kier molecular flexibility index (Phi) is 4.68. The molecule has 6 nitrogen and oxygen atoms in total. The first-order valence-corrected chi connectivity index (χ1v) is 10.6.